The summed E-state index contributed by atoms with van der Waals surface area (Å²) in [6.07, 6.45) is 6.01. The minimum atomic E-state index is -0.257. The van der Waals surface area contributed by atoms with E-state index < -0.39 is 0 Å². The molecule has 176 valence electrons. The SMILES string of the molecule is CCCCCCNC(=O)c1c(N)n(/N=C/c2ccc(N(C)C)cc2)c2nc3ccccc3nc12. The molecule has 2 aromatic carbocycles. The van der Waals surface area contributed by atoms with Gasteiger partial charge in [-0.05, 0) is 36.2 Å². The normalized spacial score (nSPS) is 11.5. The Kier molecular flexibility index (Phi) is 7.06. The van der Waals surface area contributed by atoms with Crippen molar-refractivity contribution in [3.05, 3.63) is 59.7 Å². The number of para-hydroxylation sites is 2. The first kappa shape index (κ1) is 23.2. The highest BCUT2D eigenvalue weighted by Gasteiger charge is 2.23. The first-order chi connectivity index (χ1) is 16.5. The van der Waals surface area contributed by atoms with Crippen LogP contribution in [0.15, 0.2) is 53.6 Å². The lowest BCUT2D eigenvalue weighted by Gasteiger charge is -2.11. The van der Waals surface area contributed by atoms with E-state index >= 15 is 0 Å². The summed E-state index contributed by atoms with van der Waals surface area (Å²) in [6.45, 7) is 2.75. The number of hydrogen-bond acceptors (Lipinski definition) is 6. The van der Waals surface area contributed by atoms with E-state index in [4.69, 9.17) is 15.7 Å². The summed E-state index contributed by atoms with van der Waals surface area (Å²) in [5.74, 6) is -0.0367. The molecule has 4 rings (SSSR count). The summed E-state index contributed by atoms with van der Waals surface area (Å²) in [5.41, 5.74) is 11.1. The molecule has 3 N–H and O–H groups in total. The number of nitrogens with zero attached hydrogens (tertiary/aromatic N) is 5. The Morgan fingerprint density at radius 2 is 1.76 bits per heavy atom. The van der Waals surface area contributed by atoms with Crippen molar-refractivity contribution in [2.24, 2.45) is 5.10 Å². The third kappa shape index (κ3) is 4.85. The van der Waals surface area contributed by atoms with Crippen molar-refractivity contribution in [3.8, 4) is 0 Å². The minimum absolute atomic E-state index is 0.220. The number of hydrogen-bond donors (Lipinski definition) is 2. The highest BCUT2D eigenvalue weighted by Crippen LogP contribution is 2.28. The maximum absolute atomic E-state index is 13.1. The number of anilines is 2. The van der Waals surface area contributed by atoms with Gasteiger partial charge in [0.1, 0.15) is 16.9 Å². The molecule has 1 amide bonds. The molecule has 0 fully saturated rings. The Labute approximate surface area is 199 Å². The molecule has 2 heterocycles. The fourth-order valence-corrected chi connectivity index (χ4v) is 3.81. The van der Waals surface area contributed by atoms with Crippen molar-refractivity contribution < 1.29 is 4.79 Å². The first-order valence-corrected chi connectivity index (χ1v) is 11.7. The van der Waals surface area contributed by atoms with E-state index in [2.05, 4.69) is 17.3 Å². The number of aromatic nitrogens is 3. The maximum atomic E-state index is 13.1. The van der Waals surface area contributed by atoms with Crippen LogP contribution in [0.3, 0.4) is 0 Å². The lowest BCUT2D eigenvalue weighted by atomic mass is 10.2. The van der Waals surface area contributed by atoms with Crippen LogP contribution in [-0.4, -0.2) is 47.4 Å². The number of rotatable bonds is 9. The van der Waals surface area contributed by atoms with Gasteiger partial charge in [-0.15, -0.1) is 0 Å². The molecule has 0 spiro atoms. The summed E-state index contributed by atoms with van der Waals surface area (Å²) < 4.78 is 1.50. The molecule has 2 aromatic heterocycles. The predicted octanol–water partition coefficient (Wildman–Crippen LogP) is 4.43. The number of fused-ring (bicyclic) bond motifs is 2. The van der Waals surface area contributed by atoms with Gasteiger partial charge in [0.05, 0.1) is 17.2 Å². The van der Waals surface area contributed by atoms with Gasteiger partial charge in [0.2, 0.25) is 0 Å². The molecule has 34 heavy (non-hydrogen) atoms. The van der Waals surface area contributed by atoms with Crippen LogP contribution in [0.25, 0.3) is 22.2 Å². The average Bonchev–Trinajstić information content (AvgIpc) is 3.11. The van der Waals surface area contributed by atoms with Crippen LogP contribution in [0.2, 0.25) is 0 Å². The zero-order valence-corrected chi connectivity index (χ0v) is 20.0. The quantitative estimate of drug-likeness (QED) is 0.286. The van der Waals surface area contributed by atoms with E-state index in [1.54, 1.807) is 6.21 Å². The zero-order valence-electron chi connectivity index (χ0n) is 20.0. The number of benzene rings is 2. The monoisotopic (exact) mass is 457 g/mol. The summed E-state index contributed by atoms with van der Waals surface area (Å²) in [7, 11) is 3.99. The molecule has 0 aliphatic heterocycles. The largest absolute Gasteiger partial charge is 0.383 e. The Balaban J connectivity index is 1.72. The molecule has 0 saturated carbocycles. The fourth-order valence-electron chi connectivity index (χ4n) is 3.81. The van der Waals surface area contributed by atoms with Crippen molar-refractivity contribution in [1.29, 1.82) is 0 Å². The van der Waals surface area contributed by atoms with Crippen LogP contribution < -0.4 is 16.0 Å². The van der Waals surface area contributed by atoms with Crippen molar-refractivity contribution in [1.82, 2.24) is 20.0 Å². The molecular formula is C26H31N7O. The minimum Gasteiger partial charge on any atom is -0.383 e. The van der Waals surface area contributed by atoms with E-state index in [0.29, 0.717) is 34.3 Å². The standard InChI is InChI=1S/C26H31N7O/c1-4-5-6-9-16-28-26(34)22-23-25(31-21-11-8-7-10-20(21)30-23)33(24(22)27)29-17-18-12-14-19(15-13-18)32(2)3/h7-8,10-15,17H,4-6,9,16,27H2,1-3H3,(H,28,34)/b29-17+. The number of nitrogens with two attached hydrogens (primary N) is 1. The molecule has 0 radical (unpaired) electrons. The smallest absolute Gasteiger partial charge is 0.257 e. The van der Waals surface area contributed by atoms with E-state index in [0.717, 1.165) is 36.9 Å². The zero-order chi connectivity index (χ0) is 24.1. The van der Waals surface area contributed by atoms with E-state index in [1.165, 1.54) is 4.68 Å². The Morgan fingerprint density at radius 1 is 1.06 bits per heavy atom. The van der Waals surface area contributed by atoms with Crippen molar-refractivity contribution in [3.63, 3.8) is 0 Å². The van der Waals surface area contributed by atoms with E-state index in [-0.39, 0.29) is 11.7 Å². The molecule has 4 aromatic rings. The van der Waals surface area contributed by atoms with Crippen LogP contribution in [0.4, 0.5) is 11.5 Å². The Morgan fingerprint density at radius 3 is 2.44 bits per heavy atom. The number of unbranched alkanes of at least 4 members (excludes halogenated alkanes) is 3. The Bertz CT molecular complexity index is 1320. The number of amides is 1. The molecule has 8 heteroatoms. The third-order valence-corrected chi connectivity index (χ3v) is 5.75. The van der Waals surface area contributed by atoms with Crippen molar-refractivity contribution >= 4 is 45.8 Å². The van der Waals surface area contributed by atoms with E-state index in [1.807, 2.05) is 67.5 Å². The van der Waals surface area contributed by atoms with Gasteiger partial charge in [-0.1, -0.05) is 50.5 Å². The second-order valence-electron chi connectivity index (χ2n) is 8.50. The number of carbonyl (C=O) groups excluding carboxylic acids is 1. The maximum Gasteiger partial charge on any atom is 0.257 e. The summed E-state index contributed by atoms with van der Waals surface area (Å²) in [6, 6.07) is 15.5. The average molecular weight is 458 g/mol. The summed E-state index contributed by atoms with van der Waals surface area (Å²) in [5, 5.41) is 7.57. The lowest BCUT2D eigenvalue weighted by molar-refractivity contribution is 0.0955. The lowest BCUT2D eigenvalue weighted by Crippen LogP contribution is -2.25. The molecule has 0 bridgehead atoms. The predicted molar refractivity (Wildman–Crippen MR) is 140 cm³/mol. The van der Waals surface area contributed by atoms with Gasteiger partial charge in [0, 0.05) is 26.3 Å². The highest BCUT2D eigenvalue weighted by molar-refractivity contribution is 6.10. The van der Waals surface area contributed by atoms with Gasteiger partial charge in [0.15, 0.2) is 5.65 Å². The second-order valence-corrected chi connectivity index (χ2v) is 8.50. The fraction of sp³-hybridized carbons (Fsp3) is 0.308. The molecule has 8 nitrogen and oxygen atoms in total. The Hall–Kier alpha value is -3.94. The van der Waals surface area contributed by atoms with Crippen molar-refractivity contribution in [2.75, 3.05) is 31.3 Å². The number of nitrogens with one attached hydrogen (secondary N) is 1. The second kappa shape index (κ2) is 10.3. The number of nitrogen functional groups attached to an aromatic ring is 1. The van der Waals surface area contributed by atoms with Gasteiger partial charge < -0.3 is 16.0 Å². The first-order valence-electron chi connectivity index (χ1n) is 11.7. The topological polar surface area (TPSA) is 101 Å². The molecular weight excluding hydrogens is 426 g/mol. The van der Waals surface area contributed by atoms with Gasteiger partial charge in [-0.2, -0.15) is 9.78 Å². The van der Waals surface area contributed by atoms with Crippen molar-refractivity contribution in [2.45, 2.75) is 32.6 Å². The molecule has 0 atom stereocenters. The van der Waals surface area contributed by atoms with Gasteiger partial charge in [-0.3, -0.25) is 4.79 Å². The van der Waals surface area contributed by atoms with Crippen LogP contribution in [-0.2, 0) is 0 Å². The van der Waals surface area contributed by atoms with Crippen LogP contribution in [0, 0.1) is 0 Å². The summed E-state index contributed by atoms with van der Waals surface area (Å²) >= 11 is 0. The van der Waals surface area contributed by atoms with Crippen LogP contribution >= 0.6 is 0 Å². The molecule has 0 saturated heterocycles. The molecule has 0 aliphatic carbocycles. The van der Waals surface area contributed by atoms with Gasteiger partial charge >= 0.3 is 0 Å². The number of carbonyl (C=O) groups is 1. The van der Waals surface area contributed by atoms with Crippen LogP contribution in [0.1, 0.15) is 48.5 Å². The third-order valence-electron chi connectivity index (χ3n) is 5.75. The van der Waals surface area contributed by atoms with E-state index in [9.17, 15) is 4.79 Å². The van der Waals surface area contributed by atoms with Gasteiger partial charge in [-0.25, -0.2) is 9.97 Å². The van der Waals surface area contributed by atoms with Crippen LogP contribution in [0.5, 0.6) is 0 Å². The summed E-state index contributed by atoms with van der Waals surface area (Å²) in [4.78, 5) is 24.6. The molecule has 0 aliphatic rings. The van der Waals surface area contributed by atoms with Gasteiger partial charge in [0.25, 0.3) is 5.91 Å². The highest BCUT2D eigenvalue weighted by atomic mass is 16.1. The molecule has 0 unspecified atom stereocenters.